The molecule has 0 spiro atoms. The smallest absolute Gasteiger partial charge is 0.408 e. The fourth-order valence-electron chi connectivity index (χ4n) is 5.59. The molecule has 10 nitrogen and oxygen atoms in total. The molecule has 4 rings (SSSR count). The molecule has 3 aliphatic heterocycles. The average Bonchev–Trinajstić information content (AvgIpc) is 3.38. The van der Waals surface area contributed by atoms with Crippen molar-refractivity contribution in [3.63, 3.8) is 0 Å². The van der Waals surface area contributed by atoms with Gasteiger partial charge in [-0.1, -0.05) is 18.2 Å². The molecule has 0 bridgehead atoms. The first kappa shape index (κ1) is 22.3. The van der Waals surface area contributed by atoms with E-state index < -0.39 is 29.4 Å². The largest absolute Gasteiger partial charge is 0.465 e. The topological polar surface area (TPSA) is 123 Å². The van der Waals surface area contributed by atoms with Crippen molar-refractivity contribution < 1.29 is 29.4 Å². The van der Waals surface area contributed by atoms with E-state index in [4.69, 9.17) is 4.74 Å². The number of likely N-dealkylation sites (tertiary alicyclic amines) is 1. The lowest BCUT2D eigenvalue weighted by Crippen LogP contribution is -2.73. The number of carbonyl (C=O) groups excluding carboxylic acids is 2. The van der Waals surface area contributed by atoms with Crippen LogP contribution in [0.5, 0.6) is 0 Å². The molecule has 0 unspecified atom stereocenters. The van der Waals surface area contributed by atoms with Gasteiger partial charge in [-0.3, -0.25) is 19.7 Å². The van der Waals surface area contributed by atoms with Crippen molar-refractivity contribution in [2.75, 3.05) is 50.8 Å². The molecule has 3 heterocycles. The number of carbonyl (C=O) groups is 3. The molecule has 10 heteroatoms. The summed E-state index contributed by atoms with van der Waals surface area (Å²) in [5.74, 6) is -2.53. The quantitative estimate of drug-likeness (QED) is 0.466. The zero-order valence-corrected chi connectivity index (χ0v) is 18.0. The molecule has 0 aromatic heterocycles. The number of para-hydroxylation sites is 1. The highest BCUT2D eigenvalue weighted by atomic mass is 16.5. The second-order valence-electron chi connectivity index (χ2n) is 8.61. The minimum Gasteiger partial charge on any atom is -0.465 e. The Hall–Kier alpha value is -2.85. The van der Waals surface area contributed by atoms with Gasteiger partial charge in [-0.25, -0.2) is 10.3 Å². The summed E-state index contributed by atoms with van der Waals surface area (Å²) in [5, 5.41) is 19.5. The number of piperazine rings is 1. The SMILES string of the molecule is O=C(NO)[C@H]1CCCN(C(=O)O)[C@@]1(C(=O)N1CCN(c2ccccc2)CC1)[C@H]1CCOC1. The van der Waals surface area contributed by atoms with E-state index >= 15 is 0 Å². The first-order valence-electron chi connectivity index (χ1n) is 11.1. The van der Waals surface area contributed by atoms with Crippen LogP contribution in [0.1, 0.15) is 19.3 Å². The van der Waals surface area contributed by atoms with Crippen LogP contribution in [0.3, 0.4) is 0 Å². The van der Waals surface area contributed by atoms with Gasteiger partial charge < -0.3 is 19.6 Å². The maximum atomic E-state index is 14.1. The Morgan fingerprint density at radius 1 is 1.03 bits per heavy atom. The minimum absolute atomic E-state index is 0.163. The lowest BCUT2D eigenvalue weighted by Gasteiger charge is -2.53. The van der Waals surface area contributed by atoms with Crippen LogP contribution in [0.15, 0.2) is 30.3 Å². The van der Waals surface area contributed by atoms with E-state index in [1.807, 2.05) is 30.3 Å². The van der Waals surface area contributed by atoms with Crippen molar-refractivity contribution in [2.45, 2.75) is 24.8 Å². The molecule has 3 saturated heterocycles. The Labute approximate surface area is 186 Å². The van der Waals surface area contributed by atoms with E-state index in [0.717, 1.165) is 10.6 Å². The van der Waals surface area contributed by atoms with Gasteiger partial charge in [-0.15, -0.1) is 0 Å². The summed E-state index contributed by atoms with van der Waals surface area (Å²) in [4.78, 5) is 44.2. The lowest BCUT2D eigenvalue weighted by atomic mass is 9.66. The maximum Gasteiger partial charge on any atom is 0.408 e. The zero-order valence-electron chi connectivity index (χ0n) is 18.0. The van der Waals surface area contributed by atoms with Crippen molar-refractivity contribution in [1.29, 1.82) is 0 Å². The highest BCUT2D eigenvalue weighted by molar-refractivity contribution is 5.97. The summed E-state index contributed by atoms with van der Waals surface area (Å²) in [7, 11) is 0. The molecule has 32 heavy (non-hydrogen) atoms. The Kier molecular flexibility index (Phi) is 6.52. The second-order valence-corrected chi connectivity index (χ2v) is 8.61. The van der Waals surface area contributed by atoms with Crippen molar-refractivity contribution in [3.05, 3.63) is 30.3 Å². The molecule has 3 atom stereocenters. The van der Waals surface area contributed by atoms with Crippen molar-refractivity contribution in [3.8, 4) is 0 Å². The number of ether oxygens (including phenoxy) is 1. The van der Waals surface area contributed by atoms with Crippen molar-refractivity contribution >= 4 is 23.6 Å². The first-order chi connectivity index (χ1) is 15.5. The average molecular weight is 447 g/mol. The van der Waals surface area contributed by atoms with Gasteiger partial charge in [-0.2, -0.15) is 0 Å². The van der Waals surface area contributed by atoms with Gasteiger partial charge >= 0.3 is 6.09 Å². The molecule has 3 amide bonds. The molecule has 0 aliphatic carbocycles. The standard InChI is InChI=1S/C22H30N4O6/c27-19(23-31)18-7-4-9-26(21(29)30)22(18,16-8-14-32-15-16)20(28)25-12-10-24(11-13-25)17-5-2-1-3-6-17/h1-3,5-6,16,18,31H,4,7-15H2,(H,23,27)(H,29,30)/t16-,18+,22-/m0/s1. The third kappa shape index (κ3) is 3.77. The molecule has 3 N–H and O–H groups in total. The van der Waals surface area contributed by atoms with E-state index in [9.17, 15) is 24.7 Å². The zero-order chi connectivity index (χ0) is 22.7. The molecular formula is C22H30N4O6. The molecule has 3 fully saturated rings. The number of hydrogen-bond acceptors (Lipinski definition) is 6. The molecule has 1 aromatic carbocycles. The number of anilines is 1. The number of nitrogens with one attached hydrogen (secondary N) is 1. The van der Waals surface area contributed by atoms with E-state index in [1.165, 1.54) is 0 Å². The summed E-state index contributed by atoms with van der Waals surface area (Å²) in [6.07, 6.45) is 0.00918. The fraction of sp³-hybridized carbons (Fsp3) is 0.591. The fourth-order valence-corrected chi connectivity index (χ4v) is 5.59. The minimum atomic E-state index is -1.59. The summed E-state index contributed by atoms with van der Waals surface area (Å²) in [5.41, 5.74) is 1.16. The van der Waals surface area contributed by atoms with E-state index in [0.29, 0.717) is 52.0 Å². The molecule has 0 radical (unpaired) electrons. The van der Waals surface area contributed by atoms with Crippen molar-refractivity contribution in [2.24, 2.45) is 11.8 Å². The third-order valence-electron chi connectivity index (χ3n) is 7.09. The number of hydroxylamine groups is 1. The van der Waals surface area contributed by atoms with Crippen LogP contribution in [0.25, 0.3) is 0 Å². The predicted molar refractivity (Wildman–Crippen MR) is 114 cm³/mol. The summed E-state index contributed by atoms with van der Waals surface area (Å²) >= 11 is 0. The Bertz CT molecular complexity index is 838. The lowest BCUT2D eigenvalue weighted by molar-refractivity contribution is -0.165. The molecule has 174 valence electrons. The van der Waals surface area contributed by atoms with Crippen LogP contribution in [-0.4, -0.2) is 89.5 Å². The van der Waals surface area contributed by atoms with E-state index in [2.05, 4.69) is 4.90 Å². The van der Waals surface area contributed by atoms with Crippen LogP contribution < -0.4 is 10.4 Å². The Balaban J connectivity index is 1.66. The van der Waals surface area contributed by atoms with Gasteiger partial charge in [0.05, 0.1) is 12.5 Å². The molecule has 1 aromatic rings. The summed E-state index contributed by atoms with van der Waals surface area (Å²) in [6, 6.07) is 9.92. The number of benzene rings is 1. The van der Waals surface area contributed by atoms with Crippen LogP contribution in [0.4, 0.5) is 10.5 Å². The highest BCUT2D eigenvalue weighted by Gasteiger charge is 2.62. The third-order valence-corrected chi connectivity index (χ3v) is 7.09. The number of nitrogens with zero attached hydrogens (tertiary/aromatic N) is 3. The Morgan fingerprint density at radius 3 is 2.34 bits per heavy atom. The number of carboxylic acid groups (broad SMARTS) is 1. The maximum absolute atomic E-state index is 14.1. The predicted octanol–water partition coefficient (Wildman–Crippen LogP) is 1.01. The summed E-state index contributed by atoms with van der Waals surface area (Å²) in [6.45, 7) is 2.83. The van der Waals surface area contributed by atoms with Gasteiger partial charge in [0, 0.05) is 50.9 Å². The van der Waals surface area contributed by atoms with Crippen LogP contribution in [0.2, 0.25) is 0 Å². The molecule has 0 saturated carbocycles. The Morgan fingerprint density at radius 2 is 1.75 bits per heavy atom. The van der Waals surface area contributed by atoms with Gasteiger partial charge in [0.25, 0.3) is 0 Å². The number of piperidine rings is 1. The molecule has 3 aliphatic rings. The number of hydrogen-bond donors (Lipinski definition) is 3. The second kappa shape index (κ2) is 9.33. The first-order valence-corrected chi connectivity index (χ1v) is 11.1. The van der Waals surface area contributed by atoms with Gasteiger partial charge in [0.15, 0.2) is 0 Å². The molecular weight excluding hydrogens is 416 g/mol. The monoisotopic (exact) mass is 446 g/mol. The van der Waals surface area contributed by atoms with Gasteiger partial charge in [-0.05, 0) is 31.4 Å². The number of amides is 3. The van der Waals surface area contributed by atoms with E-state index in [1.54, 1.807) is 10.4 Å². The number of rotatable bonds is 4. The van der Waals surface area contributed by atoms with Crippen molar-refractivity contribution in [1.82, 2.24) is 15.3 Å². The normalized spacial score (nSPS) is 28.5. The van der Waals surface area contributed by atoms with Gasteiger partial charge in [0.2, 0.25) is 11.8 Å². The summed E-state index contributed by atoms with van der Waals surface area (Å²) < 4.78 is 5.54. The van der Waals surface area contributed by atoms with E-state index in [-0.39, 0.29) is 19.1 Å². The van der Waals surface area contributed by atoms with Crippen LogP contribution in [0, 0.1) is 11.8 Å². The van der Waals surface area contributed by atoms with Crippen LogP contribution >= 0.6 is 0 Å². The highest BCUT2D eigenvalue weighted by Crippen LogP contribution is 2.45. The van der Waals surface area contributed by atoms with Gasteiger partial charge in [0.1, 0.15) is 5.54 Å². The van der Waals surface area contributed by atoms with Crippen LogP contribution in [-0.2, 0) is 14.3 Å².